The third-order valence-corrected chi connectivity index (χ3v) is 5.83. The number of aryl methyl sites for hydroxylation is 1. The molecule has 0 saturated carbocycles. The van der Waals surface area contributed by atoms with Crippen molar-refractivity contribution in [3.8, 4) is 5.69 Å². The highest BCUT2D eigenvalue weighted by Crippen LogP contribution is 2.29. The van der Waals surface area contributed by atoms with Crippen LogP contribution in [0.5, 0.6) is 0 Å². The van der Waals surface area contributed by atoms with Crippen molar-refractivity contribution in [2.75, 3.05) is 18.5 Å². The molecular weight excluding hydrogens is 395 g/mol. The first kappa shape index (κ1) is 20.8. The fourth-order valence-electron chi connectivity index (χ4n) is 4.13. The molecule has 1 aliphatic rings. The van der Waals surface area contributed by atoms with Crippen LogP contribution in [0.15, 0.2) is 54.6 Å². The molecule has 1 atom stereocenters. The molecule has 3 aromatic rings. The molecule has 1 aliphatic heterocycles. The molecule has 4 rings (SSSR count). The summed E-state index contributed by atoms with van der Waals surface area (Å²) in [4.78, 5) is 28.6. The first-order valence-electron chi connectivity index (χ1n) is 10.3. The Balaban J connectivity index is 1.49. The molecule has 0 spiro atoms. The van der Waals surface area contributed by atoms with Gasteiger partial charge in [0.2, 0.25) is 11.8 Å². The van der Waals surface area contributed by atoms with Gasteiger partial charge in [-0.05, 0) is 38.1 Å². The number of hydrogen-bond donors (Lipinski definition) is 0. The Morgan fingerprint density at radius 1 is 1.13 bits per heavy atom. The van der Waals surface area contributed by atoms with Crippen LogP contribution in [0.1, 0.15) is 23.4 Å². The average Bonchev–Trinajstić information content (AvgIpc) is 3.29. The molecular formula is C24H25FN4O2. The molecule has 0 unspecified atom stereocenters. The predicted octanol–water partition coefficient (Wildman–Crippen LogP) is 3.64. The van der Waals surface area contributed by atoms with Gasteiger partial charge in [0.15, 0.2) is 0 Å². The molecule has 160 valence electrons. The maximum absolute atomic E-state index is 14.1. The van der Waals surface area contributed by atoms with Gasteiger partial charge in [0.1, 0.15) is 5.82 Å². The lowest BCUT2D eigenvalue weighted by atomic mass is 10.1. The number of benzene rings is 2. The van der Waals surface area contributed by atoms with Crippen LogP contribution < -0.4 is 4.90 Å². The SMILES string of the molecule is Cc1nn(-c2ccccc2)c(C)c1CN(C)C(=O)[C@@H]1CC(=O)N(c2ccccc2F)C1. The standard InChI is InChI=1S/C24H25FN4O2/c1-16-20(17(2)29(26-16)19-9-5-4-6-10-19)15-27(3)24(31)18-13-23(30)28(14-18)22-12-8-7-11-21(22)25/h4-12,18H,13-15H2,1-3H3/t18-/m1/s1. The Morgan fingerprint density at radius 3 is 2.52 bits per heavy atom. The van der Waals surface area contributed by atoms with E-state index in [2.05, 4.69) is 5.10 Å². The van der Waals surface area contributed by atoms with Crippen molar-refractivity contribution < 1.29 is 14.0 Å². The molecule has 31 heavy (non-hydrogen) atoms. The number of amides is 2. The van der Waals surface area contributed by atoms with Gasteiger partial charge in [0.25, 0.3) is 0 Å². The molecule has 2 aromatic carbocycles. The topological polar surface area (TPSA) is 58.4 Å². The van der Waals surface area contributed by atoms with Crippen LogP contribution in [0.3, 0.4) is 0 Å². The van der Waals surface area contributed by atoms with E-state index in [1.54, 1.807) is 30.1 Å². The van der Waals surface area contributed by atoms with E-state index >= 15 is 0 Å². The minimum Gasteiger partial charge on any atom is -0.341 e. The van der Waals surface area contributed by atoms with Crippen LogP contribution in [-0.2, 0) is 16.1 Å². The van der Waals surface area contributed by atoms with Crippen LogP contribution in [0.2, 0.25) is 0 Å². The van der Waals surface area contributed by atoms with E-state index in [0.29, 0.717) is 6.54 Å². The number of rotatable bonds is 5. The zero-order chi connectivity index (χ0) is 22.1. The number of carbonyl (C=O) groups excluding carboxylic acids is 2. The molecule has 6 nitrogen and oxygen atoms in total. The van der Waals surface area contributed by atoms with E-state index in [1.807, 2.05) is 48.9 Å². The number of carbonyl (C=O) groups is 2. The molecule has 2 heterocycles. The first-order valence-corrected chi connectivity index (χ1v) is 10.3. The summed E-state index contributed by atoms with van der Waals surface area (Å²) < 4.78 is 16.0. The molecule has 0 radical (unpaired) electrons. The maximum atomic E-state index is 14.1. The van der Waals surface area contributed by atoms with Crippen molar-refractivity contribution in [3.63, 3.8) is 0 Å². The Bertz CT molecular complexity index is 1130. The summed E-state index contributed by atoms with van der Waals surface area (Å²) in [5.74, 6) is -1.32. The zero-order valence-corrected chi connectivity index (χ0v) is 17.9. The highest BCUT2D eigenvalue weighted by molar-refractivity contribution is 6.00. The van der Waals surface area contributed by atoms with Gasteiger partial charge >= 0.3 is 0 Å². The largest absolute Gasteiger partial charge is 0.341 e. The molecule has 2 amide bonds. The van der Waals surface area contributed by atoms with Crippen LogP contribution in [0.4, 0.5) is 10.1 Å². The summed E-state index contributed by atoms with van der Waals surface area (Å²) in [6.45, 7) is 4.50. The van der Waals surface area contributed by atoms with E-state index in [9.17, 15) is 14.0 Å². The minimum absolute atomic E-state index is 0.0821. The smallest absolute Gasteiger partial charge is 0.228 e. The van der Waals surface area contributed by atoms with Gasteiger partial charge in [-0.1, -0.05) is 30.3 Å². The Morgan fingerprint density at radius 2 is 1.81 bits per heavy atom. The van der Waals surface area contributed by atoms with Gasteiger partial charge in [-0.15, -0.1) is 0 Å². The number of para-hydroxylation sites is 2. The second kappa shape index (κ2) is 8.34. The highest BCUT2D eigenvalue weighted by atomic mass is 19.1. The molecule has 1 saturated heterocycles. The molecule has 0 bridgehead atoms. The lowest BCUT2D eigenvalue weighted by Gasteiger charge is -2.22. The Hall–Kier alpha value is -3.48. The summed E-state index contributed by atoms with van der Waals surface area (Å²) in [5, 5.41) is 4.64. The second-order valence-electron chi connectivity index (χ2n) is 7.95. The fourth-order valence-corrected chi connectivity index (χ4v) is 4.13. The van der Waals surface area contributed by atoms with E-state index < -0.39 is 11.7 Å². The van der Waals surface area contributed by atoms with Crippen molar-refractivity contribution in [1.82, 2.24) is 14.7 Å². The lowest BCUT2D eigenvalue weighted by Crippen LogP contribution is -2.34. The molecule has 7 heteroatoms. The molecule has 1 fully saturated rings. The number of aromatic nitrogens is 2. The molecule has 1 aromatic heterocycles. The van der Waals surface area contributed by atoms with Crippen LogP contribution >= 0.6 is 0 Å². The van der Waals surface area contributed by atoms with Gasteiger partial charge in [0, 0.05) is 37.8 Å². The number of halogens is 1. The number of anilines is 1. The molecule has 0 aliphatic carbocycles. The van der Waals surface area contributed by atoms with E-state index in [4.69, 9.17) is 0 Å². The Kier molecular flexibility index (Phi) is 5.59. The van der Waals surface area contributed by atoms with Gasteiger partial charge in [-0.3, -0.25) is 9.59 Å². The summed E-state index contributed by atoms with van der Waals surface area (Å²) >= 11 is 0. The van der Waals surface area contributed by atoms with Crippen LogP contribution in [0, 0.1) is 25.6 Å². The fraction of sp³-hybridized carbons (Fsp3) is 0.292. The van der Waals surface area contributed by atoms with Crippen LogP contribution in [0.25, 0.3) is 5.69 Å². The first-order chi connectivity index (χ1) is 14.9. The third kappa shape index (κ3) is 3.95. The summed E-state index contributed by atoms with van der Waals surface area (Å²) in [5.41, 5.74) is 4.00. The normalized spacial score (nSPS) is 16.1. The Labute approximate surface area is 180 Å². The predicted molar refractivity (Wildman–Crippen MR) is 116 cm³/mol. The van der Waals surface area contributed by atoms with Gasteiger partial charge in [-0.25, -0.2) is 9.07 Å². The summed E-state index contributed by atoms with van der Waals surface area (Å²) in [6, 6.07) is 16.0. The van der Waals surface area contributed by atoms with Crippen molar-refractivity contribution in [3.05, 3.63) is 77.4 Å². The van der Waals surface area contributed by atoms with E-state index in [0.717, 1.165) is 22.6 Å². The monoisotopic (exact) mass is 420 g/mol. The van der Waals surface area contributed by atoms with Gasteiger partial charge < -0.3 is 9.80 Å². The zero-order valence-electron chi connectivity index (χ0n) is 17.9. The third-order valence-electron chi connectivity index (χ3n) is 5.83. The second-order valence-corrected chi connectivity index (χ2v) is 7.95. The van der Waals surface area contributed by atoms with E-state index in [-0.39, 0.29) is 30.5 Å². The maximum Gasteiger partial charge on any atom is 0.228 e. The van der Waals surface area contributed by atoms with Gasteiger partial charge in [-0.2, -0.15) is 5.10 Å². The minimum atomic E-state index is -0.498. The quantitative estimate of drug-likeness (QED) is 0.633. The summed E-state index contributed by atoms with van der Waals surface area (Å²) in [7, 11) is 1.73. The van der Waals surface area contributed by atoms with Crippen molar-refractivity contribution in [1.29, 1.82) is 0 Å². The summed E-state index contributed by atoms with van der Waals surface area (Å²) in [6.07, 6.45) is 0.0821. The van der Waals surface area contributed by atoms with E-state index in [1.165, 1.54) is 11.0 Å². The lowest BCUT2D eigenvalue weighted by molar-refractivity contribution is -0.135. The number of nitrogens with zero attached hydrogens (tertiary/aromatic N) is 4. The van der Waals surface area contributed by atoms with Crippen molar-refractivity contribution in [2.45, 2.75) is 26.8 Å². The highest BCUT2D eigenvalue weighted by Gasteiger charge is 2.37. The van der Waals surface area contributed by atoms with Crippen molar-refractivity contribution >= 4 is 17.5 Å². The van der Waals surface area contributed by atoms with Gasteiger partial charge in [0.05, 0.1) is 23.0 Å². The van der Waals surface area contributed by atoms with Crippen LogP contribution in [-0.4, -0.2) is 40.1 Å². The van der Waals surface area contributed by atoms with Crippen molar-refractivity contribution in [2.24, 2.45) is 5.92 Å². The number of hydrogen-bond acceptors (Lipinski definition) is 3. The average molecular weight is 420 g/mol. The molecule has 0 N–H and O–H groups in total.